The third kappa shape index (κ3) is 6.52. The van der Waals surface area contributed by atoms with Gasteiger partial charge in [0.05, 0.1) is 17.2 Å². The number of nitrogens with one attached hydrogen (secondary N) is 1. The van der Waals surface area contributed by atoms with Gasteiger partial charge in [-0.1, -0.05) is 41.9 Å². The van der Waals surface area contributed by atoms with E-state index in [1.54, 1.807) is 30.5 Å². The first kappa shape index (κ1) is 28.6. The average molecular weight is 572 g/mol. The molecular formula is C33H31ClFN3O3. The number of hydrogen-bond acceptors (Lipinski definition) is 6. The molecule has 3 aromatic carbocycles. The fourth-order valence-electron chi connectivity index (χ4n) is 5.06. The topological polar surface area (TPSA) is 87.4 Å². The molecule has 0 aliphatic heterocycles. The van der Waals surface area contributed by atoms with Crippen molar-refractivity contribution in [3.8, 4) is 28.7 Å². The number of pyridine rings is 1. The molecule has 0 fully saturated rings. The Kier molecular flexibility index (Phi) is 8.84. The second-order valence-electron chi connectivity index (χ2n) is 10.3. The Morgan fingerprint density at radius 1 is 1.15 bits per heavy atom. The van der Waals surface area contributed by atoms with E-state index < -0.39 is 0 Å². The molecule has 8 heteroatoms. The summed E-state index contributed by atoms with van der Waals surface area (Å²) in [6, 6.07) is 18.5. The molecule has 1 heterocycles. The highest BCUT2D eigenvalue weighted by molar-refractivity contribution is 6.32. The molecule has 0 unspecified atom stereocenters. The number of ether oxygens (including phenoxy) is 2. The first-order chi connectivity index (χ1) is 19.9. The van der Waals surface area contributed by atoms with Crippen LogP contribution in [0.1, 0.15) is 52.8 Å². The lowest BCUT2D eigenvalue weighted by atomic mass is 9.95. The van der Waals surface area contributed by atoms with Gasteiger partial charge in [0.1, 0.15) is 36.1 Å². The van der Waals surface area contributed by atoms with Crippen LogP contribution in [-0.4, -0.2) is 22.7 Å². The van der Waals surface area contributed by atoms with Crippen LogP contribution in [0.5, 0.6) is 11.5 Å². The molecule has 1 aromatic heterocycles. The molecule has 0 amide bonds. The summed E-state index contributed by atoms with van der Waals surface area (Å²) in [6.45, 7) is 4.37. The van der Waals surface area contributed by atoms with Crippen molar-refractivity contribution < 1.29 is 19.0 Å². The van der Waals surface area contributed by atoms with Gasteiger partial charge in [-0.2, -0.15) is 5.26 Å². The van der Waals surface area contributed by atoms with Crippen molar-refractivity contribution in [2.75, 3.05) is 6.61 Å². The molecular weight excluding hydrogens is 541 g/mol. The highest BCUT2D eigenvalue weighted by Gasteiger charge is 2.28. The minimum atomic E-state index is -0.251. The van der Waals surface area contributed by atoms with Crippen LogP contribution in [0, 0.1) is 24.1 Å². The predicted molar refractivity (Wildman–Crippen MR) is 156 cm³/mol. The number of halogens is 2. The van der Waals surface area contributed by atoms with Crippen LogP contribution in [-0.2, 0) is 19.6 Å². The molecule has 41 heavy (non-hydrogen) atoms. The van der Waals surface area contributed by atoms with E-state index in [0.717, 1.165) is 46.2 Å². The number of aryl methyl sites for hydroxylation is 1. The molecule has 0 spiro atoms. The van der Waals surface area contributed by atoms with Gasteiger partial charge in [0.2, 0.25) is 0 Å². The Hall–Kier alpha value is -3.96. The Morgan fingerprint density at radius 2 is 2.00 bits per heavy atom. The van der Waals surface area contributed by atoms with Gasteiger partial charge >= 0.3 is 0 Å². The first-order valence-electron chi connectivity index (χ1n) is 13.5. The second-order valence-corrected chi connectivity index (χ2v) is 10.7. The average Bonchev–Trinajstić information content (AvgIpc) is 3.39. The monoisotopic (exact) mass is 571 g/mol. The third-order valence-electron chi connectivity index (χ3n) is 7.25. The number of aliphatic hydroxyl groups is 1. The van der Waals surface area contributed by atoms with Crippen LogP contribution in [0.25, 0.3) is 11.1 Å². The molecule has 1 aliphatic rings. The molecule has 5 rings (SSSR count). The van der Waals surface area contributed by atoms with Crippen LogP contribution in [0.3, 0.4) is 0 Å². The Bertz CT molecular complexity index is 1600. The van der Waals surface area contributed by atoms with Crippen molar-refractivity contribution in [1.29, 1.82) is 5.26 Å². The zero-order valence-electron chi connectivity index (χ0n) is 23.0. The molecule has 0 saturated heterocycles. The van der Waals surface area contributed by atoms with Gasteiger partial charge in [-0.15, -0.1) is 0 Å². The summed E-state index contributed by atoms with van der Waals surface area (Å²) in [5.41, 5.74) is 6.46. The van der Waals surface area contributed by atoms with Crippen LogP contribution >= 0.6 is 11.6 Å². The standard InChI is InChI=1S/C33H31ClFN3O3/c1-20-6-7-27(30(35)10-20)25-4-3-5-28-26(25)8-9-31(28)41-33-13-32(24(12-29(33)34)17-38-21(2)18-39)40-19-23-11-22(14-36)15-37-16-23/h3-7,10-13,15-16,21,31,38-39H,8-9,17-19H2,1-2H3/t21-,31+/m1/s1. The van der Waals surface area contributed by atoms with Crippen molar-refractivity contribution in [3.05, 3.63) is 111 Å². The number of aliphatic hydroxyl groups excluding tert-OH is 1. The number of nitriles is 1. The quantitative estimate of drug-likeness (QED) is 0.217. The van der Waals surface area contributed by atoms with E-state index in [9.17, 15) is 14.8 Å². The Labute approximate surface area is 244 Å². The predicted octanol–water partition coefficient (Wildman–Crippen LogP) is 6.84. The number of nitrogens with zero attached hydrogens (tertiary/aromatic N) is 2. The van der Waals surface area contributed by atoms with Crippen molar-refractivity contribution >= 4 is 11.6 Å². The third-order valence-corrected chi connectivity index (χ3v) is 7.54. The highest BCUT2D eigenvalue weighted by Crippen LogP contribution is 2.43. The van der Waals surface area contributed by atoms with Crippen molar-refractivity contribution in [1.82, 2.24) is 10.3 Å². The van der Waals surface area contributed by atoms with E-state index in [1.165, 1.54) is 6.20 Å². The minimum Gasteiger partial charge on any atom is -0.488 e. The van der Waals surface area contributed by atoms with Crippen LogP contribution in [0.4, 0.5) is 4.39 Å². The Morgan fingerprint density at radius 3 is 2.78 bits per heavy atom. The van der Waals surface area contributed by atoms with E-state index in [2.05, 4.69) is 16.4 Å². The molecule has 4 aromatic rings. The minimum absolute atomic E-state index is 0.00664. The number of aromatic nitrogens is 1. The van der Waals surface area contributed by atoms with Gasteiger partial charge in [-0.05, 0) is 67.1 Å². The molecule has 6 nitrogen and oxygen atoms in total. The number of fused-ring (bicyclic) bond motifs is 1. The maximum atomic E-state index is 14.9. The lowest BCUT2D eigenvalue weighted by molar-refractivity contribution is 0.205. The summed E-state index contributed by atoms with van der Waals surface area (Å²) in [7, 11) is 0. The summed E-state index contributed by atoms with van der Waals surface area (Å²) >= 11 is 6.72. The highest BCUT2D eigenvalue weighted by atomic mass is 35.5. The number of benzene rings is 3. The van der Waals surface area contributed by atoms with Gasteiger partial charge in [0, 0.05) is 47.7 Å². The van der Waals surface area contributed by atoms with Crippen molar-refractivity contribution in [2.45, 2.75) is 52.0 Å². The van der Waals surface area contributed by atoms with Gasteiger partial charge in [0.25, 0.3) is 0 Å². The molecule has 0 saturated carbocycles. The van der Waals surface area contributed by atoms with Crippen LogP contribution < -0.4 is 14.8 Å². The van der Waals surface area contributed by atoms with Gasteiger partial charge in [-0.3, -0.25) is 4.98 Å². The maximum Gasteiger partial charge on any atom is 0.142 e. The lowest BCUT2D eigenvalue weighted by Gasteiger charge is -2.20. The first-order valence-corrected chi connectivity index (χ1v) is 13.9. The normalized spacial score (nSPS) is 14.8. The summed E-state index contributed by atoms with van der Waals surface area (Å²) in [6.07, 6.45) is 4.40. The van der Waals surface area contributed by atoms with Gasteiger partial charge < -0.3 is 19.9 Å². The summed E-state index contributed by atoms with van der Waals surface area (Å²) in [5, 5.41) is 22.3. The molecule has 1 aliphatic carbocycles. The van der Waals surface area contributed by atoms with E-state index >= 15 is 0 Å². The smallest absolute Gasteiger partial charge is 0.142 e. The molecule has 0 bridgehead atoms. The largest absolute Gasteiger partial charge is 0.488 e. The summed E-state index contributed by atoms with van der Waals surface area (Å²) < 4.78 is 27.5. The van der Waals surface area contributed by atoms with Gasteiger partial charge in [0.15, 0.2) is 0 Å². The van der Waals surface area contributed by atoms with E-state index in [-0.39, 0.29) is 31.2 Å². The molecule has 2 atom stereocenters. The van der Waals surface area contributed by atoms with Crippen molar-refractivity contribution in [2.24, 2.45) is 0 Å². The van der Waals surface area contributed by atoms with E-state index in [0.29, 0.717) is 34.2 Å². The van der Waals surface area contributed by atoms with E-state index in [4.69, 9.17) is 21.1 Å². The molecule has 2 N–H and O–H groups in total. The molecule has 210 valence electrons. The lowest BCUT2D eigenvalue weighted by Crippen LogP contribution is -2.28. The summed E-state index contributed by atoms with van der Waals surface area (Å²) in [4.78, 5) is 4.11. The fraction of sp³-hybridized carbons (Fsp3) is 0.273. The number of rotatable bonds is 10. The van der Waals surface area contributed by atoms with Crippen molar-refractivity contribution in [3.63, 3.8) is 0 Å². The maximum absolute atomic E-state index is 14.9. The zero-order valence-corrected chi connectivity index (χ0v) is 23.7. The van der Waals surface area contributed by atoms with Crippen LogP contribution in [0.2, 0.25) is 5.02 Å². The Balaban J connectivity index is 1.42. The zero-order chi connectivity index (χ0) is 28.9. The second kappa shape index (κ2) is 12.7. The van der Waals surface area contributed by atoms with Gasteiger partial charge in [-0.25, -0.2) is 4.39 Å². The number of hydrogen-bond donors (Lipinski definition) is 2. The molecule has 0 radical (unpaired) electrons. The SMILES string of the molecule is Cc1ccc(-c2cccc3c2CC[C@@H]3Oc2cc(OCc3cncc(C#N)c3)c(CN[C@H](C)CO)cc2Cl)c(F)c1. The van der Waals surface area contributed by atoms with Crippen LogP contribution in [0.15, 0.2) is 67.0 Å². The summed E-state index contributed by atoms with van der Waals surface area (Å²) in [5.74, 6) is 0.815. The van der Waals surface area contributed by atoms with E-state index in [1.807, 2.05) is 44.2 Å². The fourth-order valence-corrected chi connectivity index (χ4v) is 5.29.